The van der Waals surface area contributed by atoms with Crippen LogP contribution in [-0.4, -0.2) is 18.9 Å². The topological polar surface area (TPSA) is 67.4 Å². The summed E-state index contributed by atoms with van der Waals surface area (Å²) in [6.45, 7) is 0. The fraction of sp³-hybridized carbons (Fsp3) is 0.0476. The number of rotatable bonds is 5. The number of amides is 2. The summed E-state index contributed by atoms with van der Waals surface area (Å²) in [6.07, 6.45) is 0. The Labute approximate surface area is 161 Å². The van der Waals surface area contributed by atoms with Gasteiger partial charge >= 0.3 is 0 Å². The average molecular weight is 381 g/mol. The molecule has 136 valence electrons. The first-order valence-corrected chi connectivity index (χ1v) is 8.56. The van der Waals surface area contributed by atoms with Crippen molar-refractivity contribution in [2.24, 2.45) is 0 Å². The summed E-state index contributed by atoms with van der Waals surface area (Å²) in [5.74, 6) is 0.0138. The standard InChI is InChI=1S/C21H17ClN2O3/c1-27-17-9-5-8-15(12-17)21(26)23-16-10-11-18(22)19(13-16)24-20(25)14-6-3-2-4-7-14/h2-13H,1H3,(H,23,26)(H,24,25). The molecule has 0 aromatic heterocycles. The van der Waals surface area contributed by atoms with Crippen LogP contribution in [0.15, 0.2) is 72.8 Å². The van der Waals surface area contributed by atoms with Gasteiger partial charge in [-0.05, 0) is 48.5 Å². The second kappa shape index (κ2) is 8.38. The minimum atomic E-state index is -0.295. The second-order valence-corrected chi connectivity index (χ2v) is 6.11. The predicted octanol–water partition coefficient (Wildman–Crippen LogP) is 4.85. The van der Waals surface area contributed by atoms with E-state index in [0.29, 0.717) is 33.3 Å². The van der Waals surface area contributed by atoms with Gasteiger partial charge < -0.3 is 15.4 Å². The van der Waals surface area contributed by atoms with Crippen molar-refractivity contribution in [3.05, 3.63) is 88.9 Å². The smallest absolute Gasteiger partial charge is 0.255 e. The number of hydrogen-bond acceptors (Lipinski definition) is 3. The van der Waals surface area contributed by atoms with Gasteiger partial charge in [-0.2, -0.15) is 0 Å². The third kappa shape index (κ3) is 4.65. The molecule has 3 rings (SSSR count). The van der Waals surface area contributed by atoms with Gasteiger partial charge in [-0.25, -0.2) is 0 Å². The number of methoxy groups -OCH3 is 1. The van der Waals surface area contributed by atoms with Gasteiger partial charge in [-0.3, -0.25) is 9.59 Å². The molecule has 0 saturated carbocycles. The maximum atomic E-state index is 12.4. The summed E-state index contributed by atoms with van der Waals surface area (Å²) in [7, 11) is 1.54. The van der Waals surface area contributed by atoms with Crippen LogP contribution >= 0.6 is 11.6 Å². The van der Waals surface area contributed by atoms with Gasteiger partial charge in [0.2, 0.25) is 0 Å². The van der Waals surface area contributed by atoms with Gasteiger partial charge in [0.25, 0.3) is 11.8 Å². The highest BCUT2D eigenvalue weighted by atomic mass is 35.5. The molecule has 0 bridgehead atoms. The maximum Gasteiger partial charge on any atom is 0.255 e. The highest BCUT2D eigenvalue weighted by Gasteiger charge is 2.11. The molecule has 0 aliphatic heterocycles. The van der Waals surface area contributed by atoms with Crippen LogP contribution in [0.25, 0.3) is 0 Å². The minimum Gasteiger partial charge on any atom is -0.497 e. The number of ether oxygens (including phenoxy) is 1. The van der Waals surface area contributed by atoms with Crippen LogP contribution in [0.2, 0.25) is 5.02 Å². The van der Waals surface area contributed by atoms with E-state index in [1.54, 1.807) is 66.7 Å². The SMILES string of the molecule is COc1cccc(C(=O)Nc2ccc(Cl)c(NC(=O)c3ccccc3)c2)c1. The molecule has 5 nitrogen and oxygen atoms in total. The Bertz CT molecular complexity index is 974. The molecule has 0 saturated heterocycles. The number of anilines is 2. The van der Waals surface area contributed by atoms with Gasteiger partial charge in [0.05, 0.1) is 17.8 Å². The molecule has 0 aliphatic carbocycles. The summed E-state index contributed by atoms with van der Waals surface area (Å²) in [5.41, 5.74) is 1.89. The lowest BCUT2D eigenvalue weighted by Crippen LogP contribution is -2.14. The van der Waals surface area contributed by atoms with Gasteiger partial charge in [0.1, 0.15) is 5.75 Å². The number of benzene rings is 3. The second-order valence-electron chi connectivity index (χ2n) is 5.70. The van der Waals surface area contributed by atoms with E-state index in [1.165, 1.54) is 7.11 Å². The molecule has 0 atom stereocenters. The lowest BCUT2D eigenvalue weighted by atomic mass is 10.2. The molecule has 0 fully saturated rings. The van der Waals surface area contributed by atoms with E-state index in [9.17, 15) is 9.59 Å². The average Bonchev–Trinajstić information content (AvgIpc) is 2.71. The van der Waals surface area contributed by atoms with Crippen molar-refractivity contribution in [1.82, 2.24) is 0 Å². The summed E-state index contributed by atoms with van der Waals surface area (Å²) >= 11 is 6.18. The molecule has 0 aliphatic rings. The van der Waals surface area contributed by atoms with E-state index in [-0.39, 0.29) is 11.8 Å². The van der Waals surface area contributed by atoms with Crippen LogP contribution in [0.3, 0.4) is 0 Å². The van der Waals surface area contributed by atoms with Gasteiger partial charge in [0, 0.05) is 16.8 Å². The molecular weight excluding hydrogens is 364 g/mol. The number of carbonyl (C=O) groups excluding carboxylic acids is 2. The number of nitrogens with one attached hydrogen (secondary N) is 2. The summed E-state index contributed by atoms with van der Waals surface area (Å²) in [6, 6.07) is 20.5. The molecule has 27 heavy (non-hydrogen) atoms. The third-order valence-corrected chi connectivity index (χ3v) is 4.17. The van der Waals surface area contributed by atoms with Gasteiger partial charge in [-0.1, -0.05) is 35.9 Å². The fourth-order valence-corrected chi connectivity index (χ4v) is 2.62. The zero-order valence-electron chi connectivity index (χ0n) is 14.5. The molecule has 6 heteroatoms. The molecule has 0 unspecified atom stereocenters. The maximum absolute atomic E-state index is 12.4. The van der Waals surface area contributed by atoms with Gasteiger partial charge in [0.15, 0.2) is 0 Å². The molecule has 2 amide bonds. The Hall–Kier alpha value is -3.31. The van der Waals surface area contributed by atoms with Crippen molar-refractivity contribution >= 4 is 34.8 Å². The fourth-order valence-electron chi connectivity index (χ4n) is 2.45. The quantitative estimate of drug-likeness (QED) is 0.664. The number of carbonyl (C=O) groups is 2. The first-order valence-electron chi connectivity index (χ1n) is 8.18. The highest BCUT2D eigenvalue weighted by molar-refractivity contribution is 6.34. The van der Waals surface area contributed by atoms with E-state index < -0.39 is 0 Å². The molecule has 0 heterocycles. The van der Waals surface area contributed by atoms with E-state index >= 15 is 0 Å². The minimum absolute atomic E-state index is 0.284. The van der Waals surface area contributed by atoms with Crippen LogP contribution in [0.5, 0.6) is 5.75 Å². The van der Waals surface area contributed by atoms with Crippen molar-refractivity contribution in [3.63, 3.8) is 0 Å². The molecular formula is C21H17ClN2O3. The molecule has 2 N–H and O–H groups in total. The predicted molar refractivity (Wildman–Crippen MR) is 107 cm³/mol. The zero-order chi connectivity index (χ0) is 19.2. The Morgan fingerprint density at radius 2 is 1.52 bits per heavy atom. The van der Waals surface area contributed by atoms with Crippen LogP contribution in [0, 0.1) is 0 Å². The molecule has 3 aromatic carbocycles. The molecule has 3 aromatic rings. The highest BCUT2D eigenvalue weighted by Crippen LogP contribution is 2.26. The summed E-state index contributed by atoms with van der Waals surface area (Å²) in [4.78, 5) is 24.8. The molecule has 0 radical (unpaired) electrons. The lowest BCUT2D eigenvalue weighted by molar-refractivity contribution is 0.101. The van der Waals surface area contributed by atoms with Crippen LogP contribution < -0.4 is 15.4 Å². The number of hydrogen-bond donors (Lipinski definition) is 2. The summed E-state index contributed by atoms with van der Waals surface area (Å²) in [5, 5.41) is 5.92. The number of halogens is 1. The third-order valence-electron chi connectivity index (χ3n) is 3.84. The van der Waals surface area contributed by atoms with Crippen molar-refractivity contribution in [1.29, 1.82) is 0 Å². The van der Waals surface area contributed by atoms with Crippen LogP contribution in [0.4, 0.5) is 11.4 Å². The van der Waals surface area contributed by atoms with Crippen molar-refractivity contribution in [2.45, 2.75) is 0 Å². The van der Waals surface area contributed by atoms with E-state index in [4.69, 9.17) is 16.3 Å². The van der Waals surface area contributed by atoms with Crippen LogP contribution in [0.1, 0.15) is 20.7 Å². The Morgan fingerprint density at radius 1 is 0.815 bits per heavy atom. The van der Waals surface area contributed by atoms with Crippen molar-refractivity contribution in [2.75, 3.05) is 17.7 Å². The normalized spacial score (nSPS) is 10.1. The largest absolute Gasteiger partial charge is 0.497 e. The Kier molecular flexibility index (Phi) is 5.74. The lowest BCUT2D eigenvalue weighted by Gasteiger charge is -2.11. The monoisotopic (exact) mass is 380 g/mol. The van der Waals surface area contributed by atoms with E-state index in [2.05, 4.69) is 10.6 Å². The van der Waals surface area contributed by atoms with Crippen molar-refractivity contribution in [3.8, 4) is 5.75 Å². The van der Waals surface area contributed by atoms with Crippen LogP contribution in [-0.2, 0) is 0 Å². The van der Waals surface area contributed by atoms with E-state index in [1.807, 2.05) is 6.07 Å². The van der Waals surface area contributed by atoms with Gasteiger partial charge in [-0.15, -0.1) is 0 Å². The van der Waals surface area contributed by atoms with Crippen molar-refractivity contribution < 1.29 is 14.3 Å². The van der Waals surface area contributed by atoms with E-state index in [0.717, 1.165) is 0 Å². The summed E-state index contributed by atoms with van der Waals surface area (Å²) < 4.78 is 5.13. The first-order chi connectivity index (χ1) is 13.1. The Balaban J connectivity index is 1.76. The molecule has 0 spiro atoms. The zero-order valence-corrected chi connectivity index (χ0v) is 15.3. The first kappa shape index (κ1) is 18.5. The Morgan fingerprint density at radius 3 is 2.26 bits per heavy atom.